The van der Waals surface area contributed by atoms with E-state index in [1.54, 1.807) is 14.2 Å². The molecule has 2 aromatic rings. The molecule has 6 heteroatoms. The zero-order chi connectivity index (χ0) is 20.0. The van der Waals surface area contributed by atoms with E-state index in [0.717, 1.165) is 42.1 Å². The molecule has 0 atom stereocenters. The molecule has 0 aliphatic heterocycles. The number of halogens is 1. The van der Waals surface area contributed by atoms with Gasteiger partial charge in [-0.05, 0) is 67.7 Å². The maximum Gasteiger partial charge on any atom is 0.171 e. The van der Waals surface area contributed by atoms with E-state index < -0.39 is 0 Å². The predicted octanol–water partition coefficient (Wildman–Crippen LogP) is 5.59. The summed E-state index contributed by atoms with van der Waals surface area (Å²) in [6.45, 7) is 0. The number of hydrogen-bond acceptors (Lipinski definition) is 3. The molecule has 2 aromatic carbocycles. The van der Waals surface area contributed by atoms with E-state index in [-0.39, 0.29) is 5.54 Å². The Morgan fingerprint density at radius 2 is 1.79 bits per heavy atom. The maximum absolute atomic E-state index is 6.00. The van der Waals surface area contributed by atoms with Crippen LogP contribution in [0.4, 0.5) is 5.69 Å². The number of nitrogens with one attached hydrogen (secondary N) is 2. The molecular weight excluding hydrogens is 392 g/mol. The number of thiocarbonyl (C=S) groups is 1. The monoisotopic (exact) mass is 418 g/mol. The Kier molecular flexibility index (Phi) is 7.03. The van der Waals surface area contributed by atoms with Crippen molar-refractivity contribution in [2.75, 3.05) is 19.5 Å². The standard InChI is InChI=1S/C22H27ClN2O2S/c1-26-18-9-10-19(20(15-18)27-2)24-21(28)25-22(12-3-4-13-22)14-11-16-5-7-17(23)8-6-16/h5-10,15H,3-4,11-14H2,1-2H3,(H2,24,25,28). The summed E-state index contributed by atoms with van der Waals surface area (Å²) in [5.74, 6) is 1.45. The Morgan fingerprint density at radius 1 is 1.07 bits per heavy atom. The highest BCUT2D eigenvalue weighted by atomic mass is 35.5. The van der Waals surface area contributed by atoms with E-state index in [4.69, 9.17) is 33.3 Å². The quantitative estimate of drug-likeness (QED) is 0.574. The largest absolute Gasteiger partial charge is 0.497 e. The first kappa shape index (κ1) is 20.7. The zero-order valence-electron chi connectivity index (χ0n) is 16.4. The minimum absolute atomic E-state index is 0.0312. The van der Waals surface area contributed by atoms with Crippen molar-refractivity contribution in [2.24, 2.45) is 0 Å². The van der Waals surface area contributed by atoms with Crippen LogP contribution in [-0.2, 0) is 6.42 Å². The van der Waals surface area contributed by atoms with Gasteiger partial charge >= 0.3 is 0 Å². The number of benzene rings is 2. The summed E-state index contributed by atoms with van der Waals surface area (Å²) in [6.07, 6.45) is 6.74. The lowest BCUT2D eigenvalue weighted by Crippen LogP contribution is -2.48. The average Bonchev–Trinajstić information content (AvgIpc) is 3.16. The van der Waals surface area contributed by atoms with Crippen LogP contribution in [0.5, 0.6) is 11.5 Å². The van der Waals surface area contributed by atoms with Crippen molar-refractivity contribution in [3.05, 3.63) is 53.1 Å². The molecule has 1 fully saturated rings. The molecule has 150 valence electrons. The zero-order valence-corrected chi connectivity index (χ0v) is 18.0. The van der Waals surface area contributed by atoms with Crippen LogP contribution in [-0.4, -0.2) is 24.9 Å². The molecule has 0 radical (unpaired) electrons. The lowest BCUT2D eigenvalue weighted by atomic mass is 9.89. The number of hydrogen-bond donors (Lipinski definition) is 2. The Labute approximate surface area is 177 Å². The van der Waals surface area contributed by atoms with Gasteiger partial charge in [0.25, 0.3) is 0 Å². The molecule has 28 heavy (non-hydrogen) atoms. The fraction of sp³-hybridized carbons (Fsp3) is 0.409. The van der Waals surface area contributed by atoms with Crippen molar-refractivity contribution in [3.8, 4) is 11.5 Å². The van der Waals surface area contributed by atoms with E-state index in [1.165, 1.54) is 18.4 Å². The molecule has 0 aromatic heterocycles. The summed E-state index contributed by atoms with van der Waals surface area (Å²) in [6, 6.07) is 13.8. The number of ether oxygens (including phenoxy) is 2. The van der Waals surface area contributed by atoms with Gasteiger partial charge in [0.1, 0.15) is 11.5 Å². The second kappa shape index (κ2) is 9.48. The molecule has 4 nitrogen and oxygen atoms in total. The van der Waals surface area contributed by atoms with Gasteiger partial charge in [0, 0.05) is 16.6 Å². The van der Waals surface area contributed by atoms with Crippen LogP contribution < -0.4 is 20.1 Å². The van der Waals surface area contributed by atoms with E-state index in [0.29, 0.717) is 10.9 Å². The van der Waals surface area contributed by atoms with Crippen LogP contribution in [0.3, 0.4) is 0 Å². The first-order chi connectivity index (χ1) is 13.5. The predicted molar refractivity (Wildman–Crippen MR) is 120 cm³/mol. The number of methoxy groups -OCH3 is 2. The Morgan fingerprint density at radius 3 is 2.43 bits per heavy atom. The highest BCUT2D eigenvalue weighted by Gasteiger charge is 2.34. The summed E-state index contributed by atoms with van der Waals surface area (Å²) in [5.41, 5.74) is 2.16. The number of anilines is 1. The summed E-state index contributed by atoms with van der Waals surface area (Å²) < 4.78 is 10.7. The van der Waals surface area contributed by atoms with E-state index >= 15 is 0 Å². The van der Waals surface area contributed by atoms with Gasteiger partial charge in [-0.25, -0.2) is 0 Å². The van der Waals surface area contributed by atoms with E-state index in [9.17, 15) is 0 Å². The second-order valence-electron chi connectivity index (χ2n) is 7.26. The Balaban J connectivity index is 1.65. The maximum atomic E-state index is 6.00. The van der Waals surface area contributed by atoms with Crippen LogP contribution in [0, 0.1) is 0 Å². The van der Waals surface area contributed by atoms with Gasteiger partial charge in [0.05, 0.1) is 19.9 Å². The Hall–Kier alpha value is -1.98. The van der Waals surface area contributed by atoms with Crippen LogP contribution in [0.1, 0.15) is 37.7 Å². The average molecular weight is 419 g/mol. The molecule has 0 bridgehead atoms. The van der Waals surface area contributed by atoms with E-state index in [1.807, 2.05) is 30.3 Å². The summed E-state index contributed by atoms with van der Waals surface area (Å²) >= 11 is 11.6. The van der Waals surface area contributed by atoms with Crippen LogP contribution in [0.25, 0.3) is 0 Å². The number of aryl methyl sites for hydroxylation is 1. The van der Waals surface area contributed by atoms with Gasteiger partial charge in [-0.2, -0.15) is 0 Å². The summed E-state index contributed by atoms with van der Waals surface area (Å²) in [4.78, 5) is 0. The molecular formula is C22H27ClN2O2S. The number of rotatable bonds is 7. The Bertz CT molecular complexity index is 805. The topological polar surface area (TPSA) is 42.5 Å². The lowest BCUT2D eigenvalue weighted by Gasteiger charge is -2.32. The van der Waals surface area contributed by atoms with Gasteiger partial charge in [0.2, 0.25) is 0 Å². The lowest BCUT2D eigenvalue weighted by molar-refractivity contribution is 0.362. The van der Waals surface area contributed by atoms with Crippen LogP contribution in [0.15, 0.2) is 42.5 Å². The highest BCUT2D eigenvalue weighted by Crippen LogP contribution is 2.34. The normalized spacial score (nSPS) is 15.1. The first-order valence-corrected chi connectivity index (χ1v) is 10.4. The molecule has 0 saturated heterocycles. The molecule has 0 spiro atoms. The van der Waals surface area contributed by atoms with Crippen molar-refractivity contribution in [3.63, 3.8) is 0 Å². The first-order valence-electron chi connectivity index (χ1n) is 9.59. The van der Waals surface area contributed by atoms with Gasteiger partial charge < -0.3 is 20.1 Å². The molecule has 3 rings (SSSR count). The van der Waals surface area contributed by atoms with E-state index in [2.05, 4.69) is 22.8 Å². The van der Waals surface area contributed by atoms with Gasteiger partial charge in [-0.1, -0.05) is 36.6 Å². The summed E-state index contributed by atoms with van der Waals surface area (Å²) in [7, 11) is 3.28. The van der Waals surface area contributed by atoms with Crippen molar-refractivity contribution in [1.82, 2.24) is 5.32 Å². The third kappa shape index (κ3) is 5.30. The smallest absolute Gasteiger partial charge is 0.171 e. The highest BCUT2D eigenvalue weighted by molar-refractivity contribution is 7.80. The molecule has 2 N–H and O–H groups in total. The van der Waals surface area contributed by atoms with Crippen molar-refractivity contribution in [2.45, 2.75) is 44.1 Å². The van der Waals surface area contributed by atoms with Crippen molar-refractivity contribution < 1.29 is 9.47 Å². The van der Waals surface area contributed by atoms with Gasteiger partial charge in [-0.3, -0.25) is 0 Å². The third-order valence-electron chi connectivity index (χ3n) is 5.40. The molecule has 1 aliphatic rings. The van der Waals surface area contributed by atoms with Crippen molar-refractivity contribution in [1.29, 1.82) is 0 Å². The fourth-order valence-corrected chi connectivity index (χ4v) is 4.27. The molecule has 0 heterocycles. The van der Waals surface area contributed by atoms with Crippen LogP contribution in [0.2, 0.25) is 5.02 Å². The molecule has 1 saturated carbocycles. The molecule has 0 amide bonds. The second-order valence-corrected chi connectivity index (χ2v) is 8.10. The molecule has 1 aliphatic carbocycles. The SMILES string of the molecule is COc1ccc(NC(=S)NC2(CCc3ccc(Cl)cc3)CCCC2)c(OC)c1. The minimum atomic E-state index is 0.0312. The van der Waals surface area contributed by atoms with Crippen LogP contribution >= 0.6 is 23.8 Å². The third-order valence-corrected chi connectivity index (χ3v) is 5.86. The minimum Gasteiger partial charge on any atom is -0.497 e. The summed E-state index contributed by atoms with van der Waals surface area (Å²) in [5, 5.41) is 8.30. The fourth-order valence-electron chi connectivity index (χ4n) is 3.82. The van der Waals surface area contributed by atoms with Gasteiger partial charge in [0.15, 0.2) is 5.11 Å². The molecule has 0 unspecified atom stereocenters. The van der Waals surface area contributed by atoms with Crippen molar-refractivity contribution >= 4 is 34.6 Å². The van der Waals surface area contributed by atoms with Gasteiger partial charge in [-0.15, -0.1) is 0 Å².